The molecule has 0 unspecified atom stereocenters. The van der Waals surface area contributed by atoms with Crippen LogP contribution in [0.1, 0.15) is 0 Å². The molecule has 0 atom stereocenters. The predicted molar refractivity (Wildman–Crippen MR) is 52.5 cm³/mol. The molecule has 0 aliphatic heterocycles. The smallest absolute Gasteiger partial charge is 0.488 e. The molecule has 0 aliphatic carbocycles. The number of hydrogen-bond donors (Lipinski definition) is 0. The van der Waals surface area contributed by atoms with E-state index in [2.05, 4.69) is 4.74 Å². The van der Waals surface area contributed by atoms with Gasteiger partial charge < -0.3 is 22.4 Å². The number of benzene rings is 1. The Hall–Kier alpha value is -1.24. The highest BCUT2D eigenvalue weighted by molar-refractivity contribution is 6.73. The lowest BCUT2D eigenvalue weighted by Gasteiger charge is -2.17. The van der Waals surface area contributed by atoms with Crippen molar-refractivity contribution in [2.45, 2.75) is 0 Å². The van der Waals surface area contributed by atoms with Crippen LogP contribution >= 0.6 is 0 Å². The van der Waals surface area contributed by atoms with Gasteiger partial charge in [-0.3, -0.25) is 0 Å². The molecule has 16 heavy (non-hydrogen) atoms. The molecule has 0 spiro atoms. The van der Waals surface area contributed by atoms with Crippen molar-refractivity contribution in [2.24, 2.45) is 0 Å². The largest absolute Gasteiger partial charge is 0.512 e. The normalized spacial score (nSPS) is 11.6. The zero-order chi connectivity index (χ0) is 12.2. The Morgan fingerprint density at radius 2 is 1.88 bits per heavy atom. The van der Waals surface area contributed by atoms with Gasteiger partial charge in [0.1, 0.15) is 12.4 Å². The minimum atomic E-state index is -5.36. The van der Waals surface area contributed by atoms with Gasteiger partial charge in [-0.25, -0.2) is 4.39 Å². The predicted octanol–water partition coefficient (Wildman–Crippen LogP) is 1.91. The van der Waals surface area contributed by atoms with Gasteiger partial charge in [-0.15, -0.1) is 0 Å². The highest BCUT2D eigenvalue weighted by atomic mass is 19.4. The highest BCUT2D eigenvalue weighted by Crippen LogP contribution is 2.19. The average Bonchev–Trinajstić information content (AvgIpc) is 2.19. The van der Waals surface area contributed by atoms with Crippen LogP contribution < -0.4 is 10.2 Å². The second-order valence-corrected chi connectivity index (χ2v) is 3.08. The summed E-state index contributed by atoms with van der Waals surface area (Å²) in [4.78, 5) is 0. The fraction of sp³-hybridized carbons (Fsp3) is 0.333. The van der Waals surface area contributed by atoms with Crippen molar-refractivity contribution in [3.63, 3.8) is 0 Å². The summed E-state index contributed by atoms with van der Waals surface area (Å²) in [5, 5.41) is 0. The molecule has 0 bridgehead atoms. The number of rotatable bonds is 5. The highest BCUT2D eigenvalue weighted by Gasteiger charge is 2.30. The van der Waals surface area contributed by atoms with Gasteiger partial charge in [0, 0.05) is 7.11 Å². The van der Waals surface area contributed by atoms with Crippen molar-refractivity contribution in [3.05, 3.63) is 24.0 Å². The molecule has 2 nitrogen and oxygen atoms in total. The number of ether oxygens (including phenoxy) is 2. The van der Waals surface area contributed by atoms with Gasteiger partial charge in [0.25, 0.3) is 0 Å². The molecule has 1 aromatic rings. The topological polar surface area (TPSA) is 18.5 Å². The van der Waals surface area contributed by atoms with E-state index < -0.39 is 24.0 Å². The number of methoxy groups -OCH3 is 1. The maximum absolute atomic E-state index is 13.3. The van der Waals surface area contributed by atoms with Crippen molar-refractivity contribution >= 4 is 12.4 Å². The SMILES string of the molecule is COCCOc1cccc([B-](F)(F)F)c1F. The lowest BCUT2D eigenvalue weighted by molar-refractivity contribution is 0.144. The zero-order valence-electron chi connectivity index (χ0n) is 8.55. The fourth-order valence-corrected chi connectivity index (χ4v) is 1.13. The Morgan fingerprint density at radius 1 is 1.19 bits per heavy atom. The number of hydrogen-bond acceptors (Lipinski definition) is 2. The molecule has 0 fully saturated rings. The van der Waals surface area contributed by atoms with Gasteiger partial charge in [0.15, 0.2) is 5.75 Å². The van der Waals surface area contributed by atoms with E-state index in [4.69, 9.17) is 4.74 Å². The number of halogens is 4. The monoisotopic (exact) mass is 237 g/mol. The van der Waals surface area contributed by atoms with Gasteiger partial charge >= 0.3 is 6.98 Å². The van der Waals surface area contributed by atoms with E-state index in [0.29, 0.717) is 6.07 Å². The van der Waals surface area contributed by atoms with Crippen molar-refractivity contribution in [1.29, 1.82) is 0 Å². The summed E-state index contributed by atoms with van der Waals surface area (Å²) in [5.74, 6) is -1.78. The maximum atomic E-state index is 13.3. The summed E-state index contributed by atoms with van der Waals surface area (Å²) in [6, 6.07) is 2.95. The fourth-order valence-electron chi connectivity index (χ4n) is 1.13. The lowest BCUT2D eigenvalue weighted by Crippen LogP contribution is -2.36. The van der Waals surface area contributed by atoms with Crippen LogP contribution in [0, 0.1) is 5.82 Å². The Morgan fingerprint density at radius 3 is 2.44 bits per heavy atom. The molecule has 0 saturated heterocycles. The van der Waals surface area contributed by atoms with Crippen LogP contribution in [0.15, 0.2) is 18.2 Å². The first-order chi connectivity index (χ1) is 7.46. The maximum Gasteiger partial charge on any atom is 0.512 e. The molecule has 0 saturated carbocycles. The molecule has 90 valence electrons. The van der Waals surface area contributed by atoms with Crippen LogP contribution in [0.25, 0.3) is 0 Å². The van der Waals surface area contributed by atoms with Gasteiger partial charge in [0.05, 0.1) is 6.61 Å². The van der Waals surface area contributed by atoms with Crippen molar-refractivity contribution in [3.8, 4) is 5.75 Å². The molecule has 0 amide bonds. The van der Waals surface area contributed by atoms with Crippen LogP contribution in [0.5, 0.6) is 5.75 Å². The second-order valence-electron chi connectivity index (χ2n) is 3.08. The zero-order valence-corrected chi connectivity index (χ0v) is 8.55. The quantitative estimate of drug-likeness (QED) is 0.442. The summed E-state index contributed by atoms with van der Waals surface area (Å²) in [6.45, 7) is -5.18. The third-order valence-corrected chi connectivity index (χ3v) is 1.89. The van der Waals surface area contributed by atoms with Crippen molar-refractivity contribution < 1.29 is 26.8 Å². The van der Waals surface area contributed by atoms with Crippen molar-refractivity contribution in [2.75, 3.05) is 20.3 Å². The third kappa shape index (κ3) is 3.13. The van der Waals surface area contributed by atoms with Crippen molar-refractivity contribution in [1.82, 2.24) is 0 Å². The third-order valence-electron chi connectivity index (χ3n) is 1.89. The molecular weight excluding hydrogens is 227 g/mol. The summed E-state index contributed by atoms with van der Waals surface area (Å²) < 4.78 is 59.9. The Bertz CT molecular complexity index is 354. The van der Waals surface area contributed by atoms with Gasteiger partial charge in [0.2, 0.25) is 0 Å². The molecule has 0 heterocycles. The second kappa shape index (κ2) is 5.20. The minimum Gasteiger partial charge on any atom is -0.488 e. The van der Waals surface area contributed by atoms with E-state index in [-0.39, 0.29) is 13.2 Å². The first-order valence-corrected chi connectivity index (χ1v) is 4.57. The molecule has 0 aliphatic rings. The average molecular weight is 237 g/mol. The molecule has 0 radical (unpaired) electrons. The minimum absolute atomic E-state index is 0.00172. The Balaban J connectivity index is 2.87. The molecule has 7 heteroatoms. The van der Waals surface area contributed by atoms with E-state index in [0.717, 1.165) is 12.1 Å². The summed E-state index contributed by atoms with van der Waals surface area (Å²) in [7, 11) is 1.41. The molecule has 1 aromatic carbocycles. The first kappa shape index (κ1) is 12.8. The molecule has 1 rings (SSSR count). The first-order valence-electron chi connectivity index (χ1n) is 4.57. The van der Waals surface area contributed by atoms with E-state index in [1.807, 2.05) is 0 Å². The molecule has 0 aromatic heterocycles. The van der Waals surface area contributed by atoms with E-state index in [1.165, 1.54) is 7.11 Å². The van der Waals surface area contributed by atoms with Gasteiger partial charge in [-0.2, -0.15) is 0 Å². The molecular formula is C9H10BF4O2-. The van der Waals surface area contributed by atoms with Crippen LogP contribution in [0.4, 0.5) is 17.3 Å². The van der Waals surface area contributed by atoms with Crippen LogP contribution in [0.2, 0.25) is 0 Å². The van der Waals surface area contributed by atoms with Gasteiger partial charge in [-0.1, -0.05) is 17.6 Å². The molecule has 0 N–H and O–H groups in total. The summed E-state index contributed by atoms with van der Waals surface area (Å²) in [5.41, 5.74) is -1.27. The summed E-state index contributed by atoms with van der Waals surface area (Å²) in [6.07, 6.45) is 0. The van der Waals surface area contributed by atoms with Gasteiger partial charge in [-0.05, 0) is 6.07 Å². The Labute approximate surface area is 90.2 Å². The lowest BCUT2D eigenvalue weighted by atomic mass is 9.79. The standard InChI is InChI=1S/C9H10BF4O2/c1-15-5-6-16-8-4-2-3-7(9(8)11)10(12,13)14/h2-4H,5-6H2,1H3/q-1. The summed E-state index contributed by atoms with van der Waals surface area (Å²) >= 11 is 0. The van der Waals surface area contributed by atoms with Crippen LogP contribution in [0.3, 0.4) is 0 Å². The van der Waals surface area contributed by atoms with Crippen LogP contribution in [-0.4, -0.2) is 27.3 Å². The van der Waals surface area contributed by atoms with E-state index >= 15 is 0 Å². The van der Waals surface area contributed by atoms with E-state index in [1.54, 1.807) is 0 Å². The van der Waals surface area contributed by atoms with Crippen LogP contribution in [-0.2, 0) is 4.74 Å². The van der Waals surface area contributed by atoms with E-state index in [9.17, 15) is 17.3 Å². The Kier molecular flexibility index (Phi) is 4.17.